The summed E-state index contributed by atoms with van der Waals surface area (Å²) < 4.78 is 51.5. The Hall–Kier alpha value is -1.34. The van der Waals surface area contributed by atoms with Crippen molar-refractivity contribution in [2.24, 2.45) is 0 Å². The van der Waals surface area contributed by atoms with Crippen molar-refractivity contribution in [2.45, 2.75) is 31.5 Å². The molecule has 1 heterocycles. The van der Waals surface area contributed by atoms with Crippen molar-refractivity contribution in [1.29, 1.82) is 0 Å². The van der Waals surface area contributed by atoms with Gasteiger partial charge >= 0.3 is 6.18 Å². The highest BCUT2D eigenvalue weighted by molar-refractivity contribution is 5.94. The molecule has 2 rings (SSSR count). The molecule has 1 aromatic carbocycles. The van der Waals surface area contributed by atoms with Crippen molar-refractivity contribution >= 4 is 18.3 Å². The Labute approximate surface area is 131 Å². The number of nitrogens with one attached hydrogen (secondary N) is 2. The standard InChI is InChI=1S/C14H16F4N2O.ClH/c15-12-10(4-1-5-11(12)14(16,17)18)13(21)20-8-6-9-3-2-7-19-9;/h1,4-5,9,19H,2-3,6-8H2,(H,20,21);1H/t9-;/m1./s1. The van der Waals surface area contributed by atoms with Gasteiger partial charge in [0.15, 0.2) is 0 Å². The van der Waals surface area contributed by atoms with Crippen molar-refractivity contribution < 1.29 is 22.4 Å². The highest BCUT2D eigenvalue weighted by atomic mass is 35.5. The van der Waals surface area contributed by atoms with Crippen LogP contribution >= 0.6 is 12.4 Å². The fourth-order valence-corrected chi connectivity index (χ4v) is 2.38. The lowest BCUT2D eigenvalue weighted by molar-refractivity contribution is -0.140. The summed E-state index contributed by atoms with van der Waals surface area (Å²) in [6, 6.07) is 3.00. The lowest BCUT2D eigenvalue weighted by Gasteiger charge is -2.13. The highest BCUT2D eigenvalue weighted by Crippen LogP contribution is 2.32. The molecule has 0 unspecified atom stereocenters. The van der Waals surface area contributed by atoms with Crippen LogP contribution in [0.3, 0.4) is 0 Å². The third kappa shape index (κ3) is 4.58. The molecule has 124 valence electrons. The lowest BCUT2D eigenvalue weighted by atomic mass is 10.1. The van der Waals surface area contributed by atoms with Crippen LogP contribution in [0, 0.1) is 5.82 Å². The molecular formula is C14H17ClF4N2O. The molecule has 1 amide bonds. The van der Waals surface area contributed by atoms with E-state index in [9.17, 15) is 22.4 Å². The van der Waals surface area contributed by atoms with Crippen LogP contribution in [0.25, 0.3) is 0 Å². The second-order valence-corrected chi connectivity index (χ2v) is 5.00. The molecule has 1 aliphatic heterocycles. The van der Waals surface area contributed by atoms with Gasteiger partial charge in [-0.25, -0.2) is 4.39 Å². The van der Waals surface area contributed by atoms with Gasteiger partial charge in [0.1, 0.15) is 5.82 Å². The minimum atomic E-state index is -4.81. The Balaban J connectivity index is 0.00000242. The Morgan fingerprint density at radius 1 is 1.36 bits per heavy atom. The van der Waals surface area contributed by atoms with Gasteiger partial charge in [-0.2, -0.15) is 13.2 Å². The van der Waals surface area contributed by atoms with Gasteiger partial charge in [0.25, 0.3) is 5.91 Å². The summed E-state index contributed by atoms with van der Waals surface area (Å²) in [6.45, 7) is 1.23. The molecule has 0 aliphatic carbocycles. The summed E-state index contributed by atoms with van der Waals surface area (Å²) in [4.78, 5) is 11.8. The third-order valence-electron chi connectivity index (χ3n) is 3.49. The van der Waals surface area contributed by atoms with E-state index < -0.39 is 29.0 Å². The zero-order chi connectivity index (χ0) is 15.5. The van der Waals surface area contributed by atoms with Crippen molar-refractivity contribution in [3.05, 3.63) is 35.1 Å². The van der Waals surface area contributed by atoms with Gasteiger partial charge in [-0.15, -0.1) is 12.4 Å². The van der Waals surface area contributed by atoms with Crippen LogP contribution in [0.4, 0.5) is 17.6 Å². The molecule has 0 radical (unpaired) electrons. The molecule has 1 atom stereocenters. The number of benzene rings is 1. The largest absolute Gasteiger partial charge is 0.419 e. The molecule has 0 saturated carbocycles. The average Bonchev–Trinajstić information content (AvgIpc) is 2.90. The zero-order valence-corrected chi connectivity index (χ0v) is 12.5. The summed E-state index contributed by atoms with van der Waals surface area (Å²) in [5.41, 5.74) is -2.00. The maximum absolute atomic E-state index is 13.8. The third-order valence-corrected chi connectivity index (χ3v) is 3.49. The van der Waals surface area contributed by atoms with Gasteiger partial charge < -0.3 is 10.6 Å². The Morgan fingerprint density at radius 2 is 2.09 bits per heavy atom. The number of hydrogen-bond donors (Lipinski definition) is 2. The molecular weight excluding hydrogens is 324 g/mol. The first-order valence-electron chi connectivity index (χ1n) is 6.77. The SMILES string of the molecule is Cl.O=C(NCC[C@H]1CCCN1)c1cccc(C(F)(F)F)c1F. The van der Waals surface area contributed by atoms with E-state index >= 15 is 0 Å². The van der Waals surface area contributed by atoms with Crippen LogP contribution in [0.2, 0.25) is 0 Å². The van der Waals surface area contributed by atoms with Crippen LogP contribution in [0.5, 0.6) is 0 Å². The first-order valence-corrected chi connectivity index (χ1v) is 6.77. The van der Waals surface area contributed by atoms with Crippen LogP contribution < -0.4 is 10.6 Å². The molecule has 1 fully saturated rings. The minimum absolute atomic E-state index is 0. The van der Waals surface area contributed by atoms with Crippen molar-refractivity contribution in [3.8, 4) is 0 Å². The van der Waals surface area contributed by atoms with Crippen LogP contribution in [0.15, 0.2) is 18.2 Å². The van der Waals surface area contributed by atoms with E-state index in [4.69, 9.17) is 0 Å². The predicted octanol–water partition coefficient (Wildman–Crippen LogP) is 3.14. The number of rotatable bonds is 4. The predicted molar refractivity (Wildman–Crippen MR) is 76.6 cm³/mol. The summed E-state index contributed by atoms with van der Waals surface area (Å²) in [7, 11) is 0. The molecule has 1 aromatic rings. The molecule has 0 spiro atoms. The van der Waals surface area contributed by atoms with Gasteiger partial charge in [-0.1, -0.05) is 6.07 Å². The van der Waals surface area contributed by atoms with E-state index in [1.807, 2.05) is 0 Å². The highest BCUT2D eigenvalue weighted by Gasteiger charge is 2.35. The van der Waals surface area contributed by atoms with E-state index in [2.05, 4.69) is 10.6 Å². The summed E-state index contributed by atoms with van der Waals surface area (Å²) in [5, 5.41) is 5.70. The summed E-state index contributed by atoms with van der Waals surface area (Å²) >= 11 is 0. The fourth-order valence-electron chi connectivity index (χ4n) is 2.38. The quantitative estimate of drug-likeness (QED) is 0.827. The monoisotopic (exact) mass is 340 g/mol. The number of carbonyl (C=O) groups is 1. The molecule has 8 heteroatoms. The number of carbonyl (C=O) groups excluding carboxylic acids is 1. The molecule has 3 nitrogen and oxygen atoms in total. The van der Waals surface area contributed by atoms with Gasteiger partial charge in [-0.05, 0) is 37.9 Å². The van der Waals surface area contributed by atoms with Crippen molar-refractivity contribution in [2.75, 3.05) is 13.1 Å². The van der Waals surface area contributed by atoms with E-state index in [1.54, 1.807) is 0 Å². The first-order chi connectivity index (χ1) is 9.89. The van der Waals surface area contributed by atoms with E-state index in [0.29, 0.717) is 25.1 Å². The second kappa shape index (κ2) is 7.78. The van der Waals surface area contributed by atoms with Gasteiger partial charge in [0.05, 0.1) is 11.1 Å². The van der Waals surface area contributed by atoms with Crippen molar-refractivity contribution in [1.82, 2.24) is 10.6 Å². The Kier molecular flexibility index (Phi) is 6.62. The zero-order valence-electron chi connectivity index (χ0n) is 11.7. The fraction of sp³-hybridized carbons (Fsp3) is 0.500. The smallest absolute Gasteiger partial charge is 0.352 e. The van der Waals surface area contributed by atoms with Crippen LogP contribution in [0.1, 0.15) is 35.2 Å². The molecule has 0 aromatic heterocycles. The van der Waals surface area contributed by atoms with Crippen LogP contribution in [-0.2, 0) is 6.18 Å². The maximum atomic E-state index is 13.8. The van der Waals surface area contributed by atoms with Gasteiger partial charge in [-0.3, -0.25) is 4.79 Å². The van der Waals surface area contributed by atoms with Gasteiger partial charge in [0, 0.05) is 12.6 Å². The minimum Gasteiger partial charge on any atom is -0.352 e. The molecule has 1 aliphatic rings. The van der Waals surface area contributed by atoms with Gasteiger partial charge in [0.2, 0.25) is 0 Å². The second-order valence-electron chi connectivity index (χ2n) is 5.00. The lowest BCUT2D eigenvalue weighted by Crippen LogP contribution is -2.31. The number of halogens is 5. The van der Waals surface area contributed by atoms with E-state index in [1.165, 1.54) is 0 Å². The first kappa shape index (κ1) is 18.7. The Morgan fingerprint density at radius 3 is 2.68 bits per heavy atom. The normalized spacial score (nSPS) is 17.9. The summed E-state index contributed by atoms with van der Waals surface area (Å²) in [5.74, 6) is -2.35. The topological polar surface area (TPSA) is 41.1 Å². The van der Waals surface area contributed by atoms with Crippen LogP contribution in [-0.4, -0.2) is 25.0 Å². The molecule has 2 N–H and O–H groups in total. The Bertz CT molecular complexity index is 516. The van der Waals surface area contributed by atoms with E-state index in [-0.39, 0.29) is 12.4 Å². The molecule has 0 bridgehead atoms. The molecule has 22 heavy (non-hydrogen) atoms. The molecule has 1 saturated heterocycles. The average molecular weight is 341 g/mol. The number of alkyl halides is 3. The van der Waals surface area contributed by atoms with E-state index in [0.717, 1.165) is 31.5 Å². The van der Waals surface area contributed by atoms with Crippen molar-refractivity contribution in [3.63, 3.8) is 0 Å². The number of hydrogen-bond acceptors (Lipinski definition) is 2. The maximum Gasteiger partial charge on any atom is 0.419 e. The summed E-state index contributed by atoms with van der Waals surface area (Å²) in [6.07, 6.45) is -2.06. The number of amides is 1.